The second-order valence-corrected chi connectivity index (χ2v) is 5.95. The fraction of sp³-hybridized carbons (Fsp3) is 0.562. The van der Waals surface area contributed by atoms with Gasteiger partial charge >= 0.3 is 0 Å². The van der Waals surface area contributed by atoms with E-state index in [1.165, 1.54) is 23.1 Å². The Morgan fingerprint density at radius 3 is 2.84 bits per heavy atom. The molecule has 3 heteroatoms. The third-order valence-corrected chi connectivity index (χ3v) is 4.53. The summed E-state index contributed by atoms with van der Waals surface area (Å²) in [4.78, 5) is 14.6. The van der Waals surface area contributed by atoms with Crippen molar-refractivity contribution in [1.29, 1.82) is 0 Å². The summed E-state index contributed by atoms with van der Waals surface area (Å²) in [6.07, 6.45) is 2.20. The van der Waals surface area contributed by atoms with E-state index < -0.39 is 0 Å². The molecule has 0 aliphatic carbocycles. The first kappa shape index (κ1) is 12.7. The molecule has 1 amide bonds. The zero-order valence-corrected chi connectivity index (χ0v) is 11.8. The van der Waals surface area contributed by atoms with Gasteiger partial charge in [-0.1, -0.05) is 6.07 Å². The standard InChI is InChI=1S/C16H22N2O/c1-11-7-14-4-6-18(10-13-3-5-17-9-13)16(19)15(14)8-12(11)2/h7-8,13,17H,3-6,9-10H2,1-2H3. The maximum atomic E-state index is 12.6. The molecule has 2 heterocycles. The molecule has 102 valence electrons. The maximum absolute atomic E-state index is 12.6. The Kier molecular flexibility index (Phi) is 3.31. The van der Waals surface area contributed by atoms with Gasteiger partial charge in [-0.2, -0.15) is 0 Å². The first-order chi connectivity index (χ1) is 9.15. The largest absolute Gasteiger partial charge is 0.338 e. The number of benzene rings is 1. The molecule has 1 aromatic carbocycles. The fourth-order valence-corrected chi connectivity index (χ4v) is 3.17. The van der Waals surface area contributed by atoms with Gasteiger partial charge in [0.2, 0.25) is 0 Å². The van der Waals surface area contributed by atoms with Gasteiger partial charge in [-0.05, 0) is 68.5 Å². The minimum atomic E-state index is 0.233. The zero-order chi connectivity index (χ0) is 13.4. The average Bonchev–Trinajstić information content (AvgIpc) is 2.88. The smallest absolute Gasteiger partial charge is 0.254 e. The van der Waals surface area contributed by atoms with Crippen molar-refractivity contribution in [2.75, 3.05) is 26.2 Å². The van der Waals surface area contributed by atoms with E-state index in [2.05, 4.69) is 36.2 Å². The number of fused-ring (bicyclic) bond motifs is 1. The fourth-order valence-electron chi connectivity index (χ4n) is 3.17. The molecule has 3 nitrogen and oxygen atoms in total. The number of amides is 1. The van der Waals surface area contributed by atoms with Crippen LogP contribution in [0.15, 0.2) is 12.1 Å². The van der Waals surface area contributed by atoms with Crippen LogP contribution < -0.4 is 5.32 Å². The van der Waals surface area contributed by atoms with Crippen LogP contribution in [0.2, 0.25) is 0 Å². The quantitative estimate of drug-likeness (QED) is 0.879. The molecule has 1 atom stereocenters. The van der Waals surface area contributed by atoms with Crippen LogP contribution in [-0.2, 0) is 6.42 Å². The van der Waals surface area contributed by atoms with E-state index >= 15 is 0 Å². The molecule has 1 saturated heterocycles. The van der Waals surface area contributed by atoms with Crippen molar-refractivity contribution in [2.45, 2.75) is 26.7 Å². The van der Waals surface area contributed by atoms with Crippen LogP contribution in [0, 0.1) is 19.8 Å². The molecule has 0 radical (unpaired) electrons. The van der Waals surface area contributed by atoms with E-state index in [1.54, 1.807) is 0 Å². The summed E-state index contributed by atoms with van der Waals surface area (Å²) in [6, 6.07) is 4.27. The zero-order valence-electron chi connectivity index (χ0n) is 11.8. The number of hydrogen-bond acceptors (Lipinski definition) is 2. The van der Waals surface area contributed by atoms with Gasteiger partial charge in [-0.3, -0.25) is 4.79 Å². The van der Waals surface area contributed by atoms with Crippen molar-refractivity contribution in [2.24, 2.45) is 5.92 Å². The molecule has 1 N–H and O–H groups in total. The summed E-state index contributed by atoms with van der Waals surface area (Å²) in [6.45, 7) is 8.16. The minimum Gasteiger partial charge on any atom is -0.338 e. The van der Waals surface area contributed by atoms with E-state index in [0.717, 1.165) is 38.2 Å². The molecule has 2 aliphatic heterocycles. The Labute approximate surface area is 115 Å². The van der Waals surface area contributed by atoms with Crippen molar-refractivity contribution in [3.05, 3.63) is 34.4 Å². The summed E-state index contributed by atoms with van der Waals surface area (Å²) >= 11 is 0. The normalized spacial score (nSPS) is 22.7. The van der Waals surface area contributed by atoms with Crippen molar-refractivity contribution < 1.29 is 4.79 Å². The lowest BCUT2D eigenvalue weighted by Crippen LogP contribution is -2.41. The second kappa shape index (κ2) is 4.97. The Bertz CT molecular complexity index is 504. The first-order valence-corrected chi connectivity index (χ1v) is 7.25. The number of carbonyl (C=O) groups is 1. The first-order valence-electron chi connectivity index (χ1n) is 7.25. The number of hydrogen-bond donors (Lipinski definition) is 1. The van der Waals surface area contributed by atoms with E-state index in [0.29, 0.717) is 5.92 Å². The molecule has 0 aromatic heterocycles. The Balaban J connectivity index is 1.81. The topological polar surface area (TPSA) is 32.3 Å². The van der Waals surface area contributed by atoms with Crippen LogP contribution in [0.4, 0.5) is 0 Å². The maximum Gasteiger partial charge on any atom is 0.254 e. The van der Waals surface area contributed by atoms with Crippen LogP contribution in [-0.4, -0.2) is 37.0 Å². The van der Waals surface area contributed by atoms with Crippen molar-refractivity contribution in [3.63, 3.8) is 0 Å². The van der Waals surface area contributed by atoms with Crippen LogP contribution in [0.25, 0.3) is 0 Å². The number of nitrogens with one attached hydrogen (secondary N) is 1. The van der Waals surface area contributed by atoms with Crippen LogP contribution in [0.1, 0.15) is 33.5 Å². The number of aryl methyl sites for hydroxylation is 2. The van der Waals surface area contributed by atoms with Crippen molar-refractivity contribution >= 4 is 5.91 Å². The summed E-state index contributed by atoms with van der Waals surface area (Å²) in [5, 5.41) is 3.37. The van der Waals surface area contributed by atoms with E-state index in [1.807, 2.05) is 0 Å². The highest BCUT2D eigenvalue weighted by atomic mass is 16.2. The molecule has 0 spiro atoms. The van der Waals surface area contributed by atoms with E-state index in [-0.39, 0.29) is 5.91 Å². The van der Waals surface area contributed by atoms with Gasteiger partial charge in [0.05, 0.1) is 0 Å². The van der Waals surface area contributed by atoms with Crippen molar-refractivity contribution in [1.82, 2.24) is 10.2 Å². The minimum absolute atomic E-state index is 0.233. The van der Waals surface area contributed by atoms with Gasteiger partial charge in [0.1, 0.15) is 0 Å². The van der Waals surface area contributed by atoms with Gasteiger partial charge in [0.25, 0.3) is 5.91 Å². The summed E-state index contributed by atoms with van der Waals surface area (Å²) in [7, 11) is 0. The molecular weight excluding hydrogens is 236 g/mol. The third-order valence-electron chi connectivity index (χ3n) is 4.53. The molecule has 1 unspecified atom stereocenters. The molecule has 19 heavy (non-hydrogen) atoms. The lowest BCUT2D eigenvalue weighted by atomic mass is 9.93. The SMILES string of the molecule is Cc1cc2c(cc1C)C(=O)N(CC1CCNC1)CC2. The van der Waals surface area contributed by atoms with Crippen LogP contribution in [0.5, 0.6) is 0 Å². The molecular formula is C16H22N2O. The molecule has 2 aliphatic rings. The predicted octanol–water partition coefficient (Wildman–Crippen LogP) is 1.91. The lowest BCUT2D eigenvalue weighted by molar-refractivity contribution is 0.0716. The molecule has 0 saturated carbocycles. The molecule has 1 aromatic rings. The van der Waals surface area contributed by atoms with Gasteiger partial charge in [-0.25, -0.2) is 0 Å². The van der Waals surface area contributed by atoms with Gasteiger partial charge in [0.15, 0.2) is 0 Å². The van der Waals surface area contributed by atoms with E-state index in [4.69, 9.17) is 0 Å². The number of nitrogens with zero attached hydrogens (tertiary/aromatic N) is 1. The Hall–Kier alpha value is -1.35. The highest BCUT2D eigenvalue weighted by Crippen LogP contribution is 2.24. The average molecular weight is 258 g/mol. The third kappa shape index (κ3) is 2.39. The van der Waals surface area contributed by atoms with Crippen LogP contribution >= 0.6 is 0 Å². The number of carbonyl (C=O) groups excluding carboxylic acids is 1. The Morgan fingerprint density at radius 2 is 2.11 bits per heavy atom. The summed E-state index contributed by atoms with van der Waals surface area (Å²) in [5.41, 5.74) is 4.67. The predicted molar refractivity (Wildman–Crippen MR) is 76.5 cm³/mol. The number of rotatable bonds is 2. The van der Waals surface area contributed by atoms with E-state index in [9.17, 15) is 4.79 Å². The monoisotopic (exact) mass is 258 g/mol. The highest BCUT2D eigenvalue weighted by molar-refractivity contribution is 5.97. The van der Waals surface area contributed by atoms with Gasteiger partial charge in [-0.15, -0.1) is 0 Å². The van der Waals surface area contributed by atoms with Gasteiger partial charge < -0.3 is 10.2 Å². The molecule has 1 fully saturated rings. The van der Waals surface area contributed by atoms with Gasteiger partial charge in [0, 0.05) is 18.7 Å². The lowest BCUT2D eigenvalue weighted by Gasteiger charge is -2.31. The molecule has 3 rings (SSSR count). The van der Waals surface area contributed by atoms with Crippen LogP contribution in [0.3, 0.4) is 0 Å². The Morgan fingerprint density at radius 1 is 1.32 bits per heavy atom. The highest BCUT2D eigenvalue weighted by Gasteiger charge is 2.27. The summed E-state index contributed by atoms with van der Waals surface area (Å²) < 4.78 is 0. The second-order valence-electron chi connectivity index (χ2n) is 5.95. The summed E-state index contributed by atoms with van der Waals surface area (Å²) in [5.74, 6) is 0.869. The molecule has 0 bridgehead atoms. The van der Waals surface area contributed by atoms with Crippen molar-refractivity contribution in [3.8, 4) is 0 Å².